The van der Waals surface area contributed by atoms with Crippen LogP contribution in [0.4, 0.5) is 11.4 Å². The van der Waals surface area contributed by atoms with Crippen LogP contribution in [0, 0.1) is 13.8 Å². The minimum absolute atomic E-state index is 0.0989. The van der Waals surface area contributed by atoms with E-state index in [1.807, 2.05) is 57.1 Å². The van der Waals surface area contributed by atoms with Crippen molar-refractivity contribution >= 4 is 27.3 Å². The van der Waals surface area contributed by atoms with Crippen LogP contribution in [-0.2, 0) is 20.2 Å². The number of amides is 1. The molecule has 9 heteroatoms. The van der Waals surface area contributed by atoms with Gasteiger partial charge < -0.3 is 19.4 Å². The summed E-state index contributed by atoms with van der Waals surface area (Å²) >= 11 is 0. The normalized spacial score (nSPS) is 17.9. The molecule has 0 spiro atoms. The van der Waals surface area contributed by atoms with Crippen LogP contribution in [0.2, 0.25) is 0 Å². The Kier molecular flexibility index (Phi) is 5.55. The molecule has 1 atom stereocenters. The van der Waals surface area contributed by atoms with Gasteiger partial charge in [-0.2, -0.15) is 0 Å². The number of carbonyl (C=O) groups excluding carboxylic acids is 1. The molecule has 0 saturated heterocycles. The molecule has 2 aromatic carbocycles. The highest BCUT2D eigenvalue weighted by Crippen LogP contribution is 2.51. The number of furan rings is 1. The maximum atomic E-state index is 13.8. The minimum Gasteiger partial charge on any atom is -0.474 e. The van der Waals surface area contributed by atoms with Crippen LogP contribution in [0.25, 0.3) is 0 Å². The maximum absolute atomic E-state index is 13.8. The summed E-state index contributed by atoms with van der Waals surface area (Å²) in [6, 6.07) is 14.7. The Balaban J connectivity index is 1.49. The van der Waals surface area contributed by atoms with Crippen molar-refractivity contribution in [3.63, 3.8) is 0 Å². The Bertz CT molecular complexity index is 1410. The first-order chi connectivity index (χ1) is 16.6. The van der Waals surface area contributed by atoms with Crippen LogP contribution in [0.15, 0.2) is 52.9 Å². The summed E-state index contributed by atoms with van der Waals surface area (Å²) in [5, 5.41) is 3.26. The van der Waals surface area contributed by atoms with Gasteiger partial charge >= 0.3 is 0 Å². The number of nitrogens with one attached hydrogen (secondary N) is 2. The predicted octanol–water partition coefficient (Wildman–Crippen LogP) is 3.99. The minimum atomic E-state index is -3.50. The highest BCUT2D eigenvalue weighted by Gasteiger charge is 2.52. The van der Waals surface area contributed by atoms with Gasteiger partial charge in [-0.05, 0) is 68.1 Å². The molecule has 1 aromatic heterocycles. The highest BCUT2D eigenvalue weighted by atomic mass is 32.2. The summed E-state index contributed by atoms with van der Waals surface area (Å²) in [5.41, 5.74) is 3.57. The molecule has 2 heterocycles. The number of rotatable bonds is 6. The molecule has 2 N–H and O–H groups in total. The van der Waals surface area contributed by atoms with E-state index in [-0.39, 0.29) is 5.91 Å². The topological polar surface area (TPSA) is 101 Å². The van der Waals surface area contributed by atoms with Crippen LogP contribution in [0.1, 0.15) is 47.1 Å². The first-order valence-corrected chi connectivity index (χ1v) is 13.2. The van der Waals surface area contributed by atoms with E-state index < -0.39 is 27.4 Å². The molecule has 0 radical (unpaired) electrons. The summed E-state index contributed by atoms with van der Waals surface area (Å²) in [7, 11) is 0.460. The zero-order valence-electron chi connectivity index (χ0n) is 20.2. The Morgan fingerprint density at radius 1 is 1.09 bits per heavy atom. The van der Waals surface area contributed by atoms with E-state index >= 15 is 0 Å². The molecule has 35 heavy (non-hydrogen) atoms. The fraction of sp³-hybridized carbons (Fsp3) is 0.346. The quantitative estimate of drug-likeness (QED) is 0.536. The molecule has 1 aliphatic carbocycles. The molecule has 1 aliphatic heterocycles. The fourth-order valence-corrected chi connectivity index (χ4v) is 5.44. The SMILES string of the molecule is Cc1ccc(C(NC(=O)C2(c3ccc4c(c3)OCS(=O)(=O)N4)CC2)c2ccc(C)o2)c(N(C)C)c1. The molecule has 1 amide bonds. The van der Waals surface area contributed by atoms with Gasteiger partial charge in [-0.1, -0.05) is 18.2 Å². The van der Waals surface area contributed by atoms with Gasteiger partial charge in [0.2, 0.25) is 11.8 Å². The third-order valence-electron chi connectivity index (χ3n) is 6.65. The zero-order valence-corrected chi connectivity index (χ0v) is 21.0. The van der Waals surface area contributed by atoms with E-state index in [1.165, 1.54) is 0 Å². The molecule has 1 saturated carbocycles. The van der Waals surface area contributed by atoms with Gasteiger partial charge in [-0.3, -0.25) is 9.52 Å². The number of nitrogens with zero attached hydrogens (tertiary/aromatic N) is 1. The van der Waals surface area contributed by atoms with Crippen LogP contribution in [0.5, 0.6) is 5.75 Å². The van der Waals surface area contributed by atoms with Crippen molar-refractivity contribution in [3.05, 3.63) is 76.7 Å². The highest BCUT2D eigenvalue weighted by molar-refractivity contribution is 7.92. The van der Waals surface area contributed by atoms with Crippen molar-refractivity contribution in [2.24, 2.45) is 0 Å². The Morgan fingerprint density at radius 2 is 1.86 bits per heavy atom. The molecule has 8 nitrogen and oxygen atoms in total. The lowest BCUT2D eigenvalue weighted by Crippen LogP contribution is -2.38. The van der Waals surface area contributed by atoms with Crippen LogP contribution < -0.4 is 19.7 Å². The molecular weight excluding hydrogens is 466 g/mol. The Hall–Kier alpha value is -3.46. The lowest BCUT2D eigenvalue weighted by molar-refractivity contribution is -0.124. The number of hydrogen-bond donors (Lipinski definition) is 2. The second-order valence-electron chi connectivity index (χ2n) is 9.58. The standard InChI is InChI=1S/C26H29N3O5S/c1-16-5-8-19(21(13-16)29(3)4)24(22-10-6-17(2)34-22)27-25(30)26(11-12-26)18-7-9-20-23(14-18)33-15-35(31,32)28-20/h5-10,13-14,24,28H,11-12,15H2,1-4H3,(H,27,30). The van der Waals surface area contributed by atoms with Gasteiger partial charge in [0.25, 0.3) is 10.0 Å². The molecule has 1 unspecified atom stereocenters. The van der Waals surface area contributed by atoms with E-state index in [2.05, 4.69) is 16.1 Å². The number of ether oxygens (including phenoxy) is 1. The van der Waals surface area contributed by atoms with Gasteiger partial charge in [0.05, 0.1) is 11.1 Å². The van der Waals surface area contributed by atoms with Crippen molar-refractivity contribution in [1.29, 1.82) is 0 Å². The van der Waals surface area contributed by atoms with E-state index in [1.54, 1.807) is 18.2 Å². The van der Waals surface area contributed by atoms with Gasteiger partial charge in [0, 0.05) is 25.3 Å². The number of hydrogen-bond acceptors (Lipinski definition) is 6. The number of carbonyl (C=O) groups is 1. The Morgan fingerprint density at radius 3 is 2.51 bits per heavy atom. The van der Waals surface area contributed by atoms with E-state index in [9.17, 15) is 13.2 Å². The van der Waals surface area contributed by atoms with E-state index in [4.69, 9.17) is 9.15 Å². The van der Waals surface area contributed by atoms with Crippen molar-refractivity contribution in [2.75, 3.05) is 29.7 Å². The van der Waals surface area contributed by atoms with Crippen LogP contribution in [0.3, 0.4) is 0 Å². The molecular formula is C26H29N3O5S. The summed E-state index contributed by atoms with van der Waals surface area (Å²) in [6.07, 6.45) is 1.39. The summed E-state index contributed by atoms with van der Waals surface area (Å²) < 4.78 is 37.5. The molecule has 1 fully saturated rings. The van der Waals surface area contributed by atoms with E-state index in [0.29, 0.717) is 30.0 Å². The predicted molar refractivity (Wildman–Crippen MR) is 134 cm³/mol. The van der Waals surface area contributed by atoms with Gasteiger partial charge in [0.15, 0.2) is 0 Å². The van der Waals surface area contributed by atoms with Gasteiger partial charge in [-0.15, -0.1) is 0 Å². The summed E-state index contributed by atoms with van der Waals surface area (Å²) in [6.45, 7) is 3.92. The Labute approximate surface area is 205 Å². The molecule has 0 bridgehead atoms. The van der Waals surface area contributed by atoms with Crippen molar-refractivity contribution in [2.45, 2.75) is 38.1 Å². The fourth-order valence-electron chi connectivity index (χ4n) is 4.60. The number of sulfonamides is 1. The molecule has 2 aliphatic rings. The third kappa shape index (κ3) is 4.36. The van der Waals surface area contributed by atoms with Crippen molar-refractivity contribution < 1.29 is 22.4 Å². The van der Waals surface area contributed by atoms with Gasteiger partial charge in [0.1, 0.15) is 23.3 Å². The van der Waals surface area contributed by atoms with Gasteiger partial charge in [-0.25, -0.2) is 8.42 Å². The van der Waals surface area contributed by atoms with Crippen molar-refractivity contribution in [1.82, 2.24) is 5.32 Å². The monoisotopic (exact) mass is 495 g/mol. The average Bonchev–Trinajstić information content (AvgIpc) is 3.51. The average molecular weight is 496 g/mol. The first kappa shape index (κ1) is 23.3. The second-order valence-corrected chi connectivity index (χ2v) is 11.3. The van der Waals surface area contributed by atoms with Crippen LogP contribution >= 0.6 is 0 Å². The number of fused-ring (bicyclic) bond motifs is 1. The van der Waals surface area contributed by atoms with E-state index in [0.717, 1.165) is 28.1 Å². The zero-order chi connectivity index (χ0) is 25.0. The summed E-state index contributed by atoms with van der Waals surface area (Å²) in [5.74, 6) is 1.33. The lowest BCUT2D eigenvalue weighted by atomic mass is 9.92. The first-order valence-electron chi connectivity index (χ1n) is 11.5. The third-order valence-corrected chi connectivity index (χ3v) is 7.61. The van der Waals surface area contributed by atoms with Crippen molar-refractivity contribution in [3.8, 4) is 5.75 Å². The van der Waals surface area contributed by atoms with Crippen LogP contribution in [-0.4, -0.2) is 34.4 Å². The molecule has 3 aromatic rings. The number of aryl methyl sites for hydroxylation is 2. The second kappa shape index (κ2) is 8.34. The maximum Gasteiger partial charge on any atom is 0.268 e. The lowest BCUT2D eigenvalue weighted by Gasteiger charge is -2.27. The largest absolute Gasteiger partial charge is 0.474 e. The smallest absolute Gasteiger partial charge is 0.268 e. The number of benzene rings is 2. The summed E-state index contributed by atoms with van der Waals surface area (Å²) in [4.78, 5) is 15.8. The molecule has 184 valence electrons. The molecule has 5 rings (SSSR count). The number of anilines is 2.